The fourth-order valence-electron chi connectivity index (χ4n) is 2.10. The van der Waals surface area contributed by atoms with Crippen molar-refractivity contribution in [2.45, 2.75) is 18.7 Å². The predicted molar refractivity (Wildman–Crippen MR) is 97.0 cm³/mol. The van der Waals surface area contributed by atoms with Gasteiger partial charge in [-0.1, -0.05) is 12.1 Å². The maximum atomic E-state index is 12.5. The van der Waals surface area contributed by atoms with Gasteiger partial charge in [0.1, 0.15) is 11.5 Å². The number of para-hydroxylation sites is 2. The van der Waals surface area contributed by atoms with E-state index in [1.54, 1.807) is 31.2 Å². The third-order valence-electron chi connectivity index (χ3n) is 3.23. The summed E-state index contributed by atoms with van der Waals surface area (Å²) in [6, 6.07) is 12.5. The Kier molecular flexibility index (Phi) is 6.85. The van der Waals surface area contributed by atoms with E-state index < -0.39 is 16.0 Å². The van der Waals surface area contributed by atoms with Crippen LogP contribution >= 0.6 is 0 Å². The molecular weight excluding hydrogens is 358 g/mol. The van der Waals surface area contributed by atoms with Crippen LogP contribution in [0.15, 0.2) is 53.4 Å². The first-order valence-electron chi connectivity index (χ1n) is 8.09. The lowest BCUT2D eigenvalue weighted by atomic mass is 10.3. The SMILES string of the molecule is CCOC(=O)COc1ccc(S(=O)(=O)Nc2ccccc2OCC)cc1. The molecule has 0 saturated carbocycles. The van der Waals surface area contributed by atoms with Crippen LogP contribution in [-0.4, -0.2) is 34.2 Å². The molecule has 2 aromatic rings. The van der Waals surface area contributed by atoms with Gasteiger partial charge in [0.2, 0.25) is 0 Å². The van der Waals surface area contributed by atoms with E-state index in [0.29, 0.717) is 23.8 Å². The standard InChI is InChI=1S/C18H21NO6S/c1-3-23-17-8-6-5-7-16(17)19-26(21,22)15-11-9-14(10-12-15)25-13-18(20)24-4-2/h5-12,19H,3-4,13H2,1-2H3. The molecule has 0 aliphatic heterocycles. The lowest BCUT2D eigenvalue weighted by Gasteiger charge is -2.13. The largest absolute Gasteiger partial charge is 0.492 e. The van der Waals surface area contributed by atoms with Gasteiger partial charge in [-0.15, -0.1) is 0 Å². The number of hydrogen-bond acceptors (Lipinski definition) is 6. The van der Waals surface area contributed by atoms with Crippen LogP contribution in [0.2, 0.25) is 0 Å². The third-order valence-corrected chi connectivity index (χ3v) is 4.61. The lowest BCUT2D eigenvalue weighted by Crippen LogP contribution is -2.15. The summed E-state index contributed by atoms with van der Waals surface area (Å²) in [5, 5.41) is 0. The van der Waals surface area contributed by atoms with Crippen molar-refractivity contribution in [3.05, 3.63) is 48.5 Å². The van der Waals surface area contributed by atoms with Gasteiger partial charge in [0.05, 0.1) is 23.8 Å². The molecule has 7 nitrogen and oxygen atoms in total. The van der Waals surface area contributed by atoms with Crippen molar-refractivity contribution >= 4 is 21.7 Å². The Morgan fingerprint density at radius 1 is 0.962 bits per heavy atom. The van der Waals surface area contributed by atoms with Crippen LogP contribution in [-0.2, 0) is 19.6 Å². The van der Waals surface area contributed by atoms with Crippen molar-refractivity contribution in [2.75, 3.05) is 24.5 Å². The molecule has 0 aliphatic rings. The highest BCUT2D eigenvalue weighted by Gasteiger charge is 2.16. The van der Waals surface area contributed by atoms with Crippen LogP contribution in [0.1, 0.15) is 13.8 Å². The van der Waals surface area contributed by atoms with Gasteiger partial charge in [-0.3, -0.25) is 4.72 Å². The van der Waals surface area contributed by atoms with E-state index in [-0.39, 0.29) is 18.1 Å². The number of rotatable bonds is 9. The van der Waals surface area contributed by atoms with Gasteiger partial charge >= 0.3 is 5.97 Å². The number of nitrogens with one attached hydrogen (secondary N) is 1. The van der Waals surface area contributed by atoms with Crippen molar-refractivity contribution in [3.63, 3.8) is 0 Å². The van der Waals surface area contributed by atoms with E-state index in [9.17, 15) is 13.2 Å². The van der Waals surface area contributed by atoms with E-state index >= 15 is 0 Å². The molecule has 1 N–H and O–H groups in total. The van der Waals surface area contributed by atoms with Gasteiger partial charge in [-0.2, -0.15) is 0 Å². The Morgan fingerprint density at radius 2 is 1.65 bits per heavy atom. The molecule has 0 heterocycles. The van der Waals surface area contributed by atoms with Gasteiger partial charge in [0.15, 0.2) is 6.61 Å². The van der Waals surface area contributed by atoms with E-state index in [2.05, 4.69) is 4.72 Å². The number of ether oxygens (including phenoxy) is 3. The fraction of sp³-hybridized carbons (Fsp3) is 0.278. The summed E-state index contributed by atoms with van der Waals surface area (Å²) in [4.78, 5) is 11.3. The Labute approximate surface area is 152 Å². The minimum Gasteiger partial charge on any atom is -0.492 e. The normalized spacial score (nSPS) is 10.8. The number of anilines is 1. The van der Waals surface area contributed by atoms with E-state index in [4.69, 9.17) is 14.2 Å². The molecule has 0 aliphatic carbocycles. The zero-order valence-corrected chi connectivity index (χ0v) is 15.4. The van der Waals surface area contributed by atoms with E-state index in [1.807, 2.05) is 6.92 Å². The number of carbonyl (C=O) groups is 1. The molecule has 0 fully saturated rings. The quantitative estimate of drug-likeness (QED) is 0.674. The van der Waals surface area contributed by atoms with E-state index in [0.717, 1.165) is 0 Å². The fourth-order valence-corrected chi connectivity index (χ4v) is 3.17. The average Bonchev–Trinajstić information content (AvgIpc) is 2.62. The van der Waals surface area contributed by atoms with Crippen LogP contribution in [0, 0.1) is 0 Å². The van der Waals surface area contributed by atoms with Gasteiger partial charge in [0.25, 0.3) is 10.0 Å². The van der Waals surface area contributed by atoms with Crippen molar-refractivity contribution < 1.29 is 27.4 Å². The van der Waals surface area contributed by atoms with Crippen molar-refractivity contribution in [2.24, 2.45) is 0 Å². The second-order valence-corrected chi connectivity index (χ2v) is 6.78. The Morgan fingerprint density at radius 3 is 2.31 bits per heavy atom. The van der Waals surface area contributed by atoms with Crippen LogP contribution in [0.4, 0.5) is 5.69 Å². The second-order valence-electron chi connectivity index (χ2n) is 5.10. The minimum atomic E-state index is -3.79. The number of carbonyl (C=O) groups excluding carboxylic acids is 1. The number of benzene rings is 2. The Bertz CT molecular complexity index is 833. The monoisotopic (exact) mass is 379 g/mol. The van der Waals surface area contributed by atoms with Crippen LogP contribution in [0.3, 0.4) is 0 Å². The molecule has 0 saturated heterocycles. The molecular formula is C18H21NO6S. The zero-order chi connectivity index (χ0) is 19.0. The highest BCUT2D eigenvalue weighted by molar-refractivity contribution is 7.92. The highest BCUT2D eigenvalue weighted by atomic mass is 32.2. The van der Waals surface area contributed by atoms with E-state index in [1.165, 1.54) is 24.3 Å². The van der Waals surface area contributed by atoms with Crippen LogP contribution in [0.25, 0.3) is 0 Å². The molecule has 0 spiro atoms. The summed E-state index contributed by atoms with van der Waals surface area (Å²) in [6.45, 7) is 3.98. The summed E-state index contributed by atoms with van der Waals surface area (Å²) >= 11 is 0. The summed E-state index contributed by atoms with van der Waals surface area (Å²) < 4.78 is 43.0. The van der Waals surface area contributed by atoms with Gasteiger partial charge in [-0.25, -0.2) is 13.2 Å². The van der Waals surface area contributed by atoms with Gasteiger partial charge < -0.3 is 14.2 Å². The van der Waals surface area contributed by atoms with Crippen molar-refractivity contribution in [1.82, 2.24) is 0 Å². The molecule has 8 heteroatoms. The maximum Gasteiger partial charge on any atom is 0.344 e. The molecule has 2 aromatic carbocycles. The predicted octanol–water partition coefficient (Wildman–Crippen LogP) is 2.83. The Balaban J connectivity index is 2.09. The third kappa shape index (κ3) is 5.38. The van der Waals surface area contributed by atoms with Crippen LogP contribution < -0.4 is 14.2 Å². The minimum absolute atomic E-state index is 0.0623. The highest BCUT2D eigenvalue weighted by Crippen LogP contribution is 2.27. The number of hydrogen-bond donors (Lipinski definition) is 1. The zero-order valence-electron chi connectivity index (χ0n) is 14.6. The topological polar surface area (TPSA) is 90.9 Å². The maximum absolute atomic E-state index is 12.5. The average molecular weight is 379 g/mol. The van der Waals surface area contributed by atoms with Crippen LogP contribution in [0.5, 0.6) is 11.5 Å². The summed E-state index contributed by atoms with van der Waals surface area (Å²) in [7, 11) is -3.79. The first-order chi connectivity index (χ1) is 12.5. The van der Waals surface area contributed by atoms with Crippen molar-refractivity contribution in [1.29, 1.82) is 0 Å². The Hall–Kier alpha value is -2.74. The first-order valence-corrected chi connectivity index (χ1v) is 9.57. The smallest absolute Gasteiger partial charge is 0.344 e. The molecule has 0 aromatic heterocycles. The summed E-state index contributed by atoms with van der Waals surface area (Å²) in [6.07, 6.45) is 0. The molecule has 140 valence electrons. The summed E-state index contributed by atoms with van der Waals surface area (Å²) in [5.41, 5.74) is 0.358. The lowest BCUT2D eigenvalue weighted by molar-refractivity contribution is -0.145. The molecule has 2 rings (SSSR count). The molecule has 0 amide bonds. The van der Waals surface area contributed by atoms with Gasteiger partial charge in [-0.05, 0) is 50.2 Å². The number of esters is 1. The summed E-state index contributed by atoms with van der Waals surface area (Å²) in [5.74, 6) is 0.332. The second kappa shape index (κ2) is 9.10. The molecule has 0 atom stereocenters. The number of sulfonamides is 1. The first kappa shape index (κ1) is 19.6. The van der Waals surface area contributed by atoms with Gasteiger partial charge in [0, 0.05) is 0 Å². The molecule has 0 unspecified atom stereocenters. The van der Waals surface area contributed by atoms with Crippen molar-refractivity contribution in [3.8, 4) is 11.5 Å². The molecule has 0 radical (unpaired) electrons. The molecule has 26 heavy (non-hydrogen) atoms. The molecule has 0 bridgehead atoms.